The van der Waals surface area contributed by atoms with Crippen molar-refractivity contribution in [3.8, 4) is 5.75 Å². The Balaban J connectivity index is 1.55. The molecule has 1 saturated heterocycles. The Kier molecular flexibility index (Phi) is 8.67. The average molecular weight is 569 g/mol. The molecular formula is C30H34BrNO5. The van der Waals surface area contributed by atoms with Gasteiger partial charge in [0.05, 0.1) is 30.2 Å². The first kappa shape index (κ1) is 27.3. The summed E-state index contributed by atoms with van der Waals surface area (Å²) in [5.41, 5.74) is 3.90. The van der Waals surface area contributed by atoms with E-state index in [-0.39, 0.29) is 24.2 Å². The maximum Gasteiger partial charge on any atom is 0.238 e. The molecule has 0 radical (unpaired) electrons. The van der Waals surface area contributed by atoms with Crippen molar-refractivity contribution in [1.29, 1.82) is 0 Å². The van der Waals surface area contributed by atoms with E-state index < -0.39 is 23.9 Å². The van der Waals surface area contributed by atoms with Gasteiger partial charge >= 0.3 is 0 Å². The van der Waals surface area contributed by atoms with Crippen molar-refractivity contribution >= 4 is 39.5 Å². The van der Waals surface area contributed by atoms with Crippen molar-refractivity contribution in [3.05, 3.63) is 75.3 Å². The Bertz CT molecular complexity index is 1220. The summed E-state index contributed by atoms with van der Waals surface area (Å²) in [5, 5.41) is 32.0. The van der Waals surface area contributed by atoms with E-state index in [1.165, 1.54) is 4.90 Å². The molecule has 4 atom stereocenters. The number of amides is 2. The fourth-order valence-electron chi connectivity index (χ4n) is 5.88. The van der Waals surface area contributed by atoms with Gasteiger partial charge in [-0.2, -0.15) is 0 Å². The van der Waals surface area contributed by atoms with E-state index in [1.54, 1.807) is 36.4 Å². The minimum Gasteiger partial charge on any atom is -0.507 e. The average Bonchev–Trinajstić information content (AvgIpc) is 3.13. The third-order valence-corrected chi connectivity index (χ3v) is 8.05. The quantitative estimate of drug-likeness (QED) is 0.270. The number of hydrogen-bond acceptors (Lipinski definition) is 5. The highest BCUT2D eigenvalue weighted by Gasteiger charge is 2.54. The van der Waals surface area contributed by atoms with Crippen molar-refractivity contribution in [3.63, 3.8) is 0 Å². The number of phenolic OH excluding ortho intramolecular Hbond substituents is 1. The number of aliphatic hydroxyl groups excluding tert-OH is 2. The fraction of sp³-hybridized carbons (Fsp3) is 0.400. The second-order valence-electron chi connectivity index (χ2n) is 10.0. The van der Waals surface area contributed by atoms with Gasteiger partial charge in [0.2, 0.25) is 11.8 Å². The molecule has 1 aliphatic heterocycles. The predicted molar refractivity (Wildman–Crippen MR) is 148 cm³/mol. The standard InChI is InChI=1S/C30H34BrNO5/c1-3-7-19(15-20-16-21(31)11-13-25(20)34)10-12-26(35)27-18(2)14-23-28(24(27)17-33)30(37)32(29(23)36)22-8-5-4-6-9-22/h4-6,8-9,11,13,15-16,23-24,26,28,33-35H,3,7,10,12,14,17H2,1-2H3/b19-15+/t23-,24+,26-,28-/m1/s1. The normalized spacial score (nSPS) is 23.0. The van der Waals surface area contributed by atoms with Gasteiger partial charge < -0.3 is 15.3 Å². The van der Waals surface area contributed by atoms with Crippen LogP contribution in [0.4, 0.5) is 5.69 Å². The number of para-hydroxylation sites is 1. The smallest absolute Gasteiger partial charge is 0.238 e. The topological polar surface area (TPSA) is 98.1 Å². The molecule has 0 saturated carbocycles. The Labute approximate surface area is 226 Å². The summed E-state index contributed by atoms with van der Waals surface area (Å²) in [6.45, 7) is 3.67. The first-order chi connectivity index (χ1) is 17.8. The van der Waals surface area contributed by atoms with Crippen molar-refractivity contribution < 1.29 is 24.9 Å². The van der Waals surface area contributed by atoms with Gasteiger partial charge in [0.25, 0.3) is 0 Å². The largest absolute Gasteiger partial charge is 0.507 e. The van der Waals surface area contributed by atoms with E-state index in [0.717, 1.165) is 28.5 Å². The van der Waals surface area contributed by atoms with Crippen molar-refractivity contribution in [2.75, 3.05) is 11.5 Å². The monoisotopic (exact) mass is 567 g/mol. The number of benzene rings is 2. The zero-order valence-corrected chi connectivity index (χ0v) is 22.8. The zero-order valence-electron chi connectivity index (χ0n) is 21.2. The van der Waals surface area contributed by atoms with Gasteiger partial charge in [-0.05, 0) is 68.5 Å². The minimum absolute atomic E-state index is 0.196. The van der Waals surface area contributed by atoms with Crippen LogP contribution in [0, 0.1) is 17.8 Å². The maximum atomic E-state index is 13.5. The fourth-order valence-corrected chi connectivity index (χ4v) is 6.26. The summed E-state index contributed by atoms with van der Waals surface area (Å²) in [6.07, 6.45) is 4.29. The highest BCUT2D eigenvalue weighted by Crippen LogP contribution is 2.47. The Hall–Kier alpha value is -2.74. The van der Waals surface area contributed by atoms with Crippen molar-refractivity contribution in [1.82, 2.24) is 0 Å². The van der Waals surface area contributed by atoms with Crippen LogP contribution in [0.25, 0.3) is 6.08 Å². The van der Waals surface area contributed by atoms with Crippen LogP contribution in [0.3, 0.4) is 0 Å². The summed E-state index contributed by atoms with van der Waals surface area (Å²) < 4.78 is 0.871. The molecule has 2 aliphatic rings. The van der Waals surface area contributed by atoms with Crippen LogP contribution in [0.2, 0.25) is 0 Å². The Morgan fingerprint density at radius 2 is 1.86 bits per heavy atom. The molecule has 4 rings (SSSR count). The van der Waals surface area contributed by atoms with E-state index in [9.17, 15) is 24.9 Å². The summed E-state index contributed by atoms with van der Waals surface area (Å²) >= 11 is 3.45. The first-order valence-corrected chi connectivity index (χ1v) is 13.6. The number of fused-ring (bicyclic) bond motifs is 1. The molecular weight excluding hydrogens is 534 g/mol. The van der Waals surface area contributed by atoms with Gasteiger partial charge in [-0.15, -0.1) is 0 Å². The lowest BCUT2D eigenvalue weighted by molar-refractivity contribution is -0.123. The number of hydrogen-bond donors (Lipinski definition) is 3. The van der Waals surface area contributed by atoms with Gasteiger partial charge in [0, 0.05) is 16.0 Å². The van der Waals surface area contributed by atoms with E-state index in [1.807, 2.05) is 25.1 Å². The van der Waals surface area contributed by atoms with Crippen LogP contribution in [0.15, 0.2) is 69.7 Å². The summed E-state index contributed by atoms with van der Waals surface area (Å²) in [7, 11) is 0. The van der Waals surface area contributed by atoms with Crippen LogP contribution in [0.1, 0.15) is 51.5 Å². The molecule has 0 bridgehead atoms. The van der Waals surface area contributed by atoms with Crippen molar-refractivity contribution in [2.24, 2.45) is 17.8 Å². The number of carbonyl (C=O) groups excluding carboxylic acids is 2. The lowest BCUT2D eigenvalue weighted by atomic mass is 9.68. The third-order valence-electron chi connectivity index (χ3n) is 7.56. The minimum atomic E-state index is -0.844. The number of carbonyl (C=O) groups is 2. The van der Waals surface area contributed by atoms with E-state index in [2.05, 4.69) is 22.9 Å². The second-order valence-corrected chi connectivity index (χ2v) is 10.9. The number of nitrogens with zero attached hydrogens (tertiary/aromatic N) is 1. The SMILES string of the molecule is CCC/C(=C\c1cc(Br)ccc1O)CC[C@@H](O)C1=C(C)C[C@H]2C(=O)N(c3ccccc3)C(=O)[C@H]2[C@H]1CO. The van der Waals surface area contributed by atoms with Crippen LogP contribution in [0.5, 0.6) is 5.75 Å². The lowest BCUT2D eigenvalue weighted by Crippen LogP contribution is -2.38. The van der Waals surface area contributed by atoms with Crippen LogP contribution < -0.4 is 4.90 Å². The highest BCUT2D eigenvalue weighted by molar-refractivity contribution is 9.10. The number of anilines is 1. The zero-order chi connectivity index (χ0) is 26.7. The predicted octanol–water partition coefficient (Wildman–Crippen LogP) is 5.61. The van der Waals surface area contributed by atoms with Crippen LogP contribution in [-0.4, -0.2) is 39.8 Å². The summed E-state index contributed by atoms with van der Waals surface area (Å²) in [6, 6.07) is 14.2. The number of aromatic hydroxyl groups is 1. The van der Waals surface area contributed by atoms with Gasteiger partial charge in [0.1, 0.15) is 5.75 Å². The highest BCUT2D eigenvalue weighted by atomic mass is 79.9. The molecule has 1 fully saturated rings. The van der Waals surface area contributed by atoms with Gasteiger partial charge in [0.15, 0.2) is 0 Å². The molecule has 37 heavy (non-hydrogen) atoms. The molecule has 0 unspecified atom stereocenters. The van der Waals surface area contributed by atoms with E-state index in [0.29, 0.717) is 36.1 Å². The molecule has 7 heteroatoms. The number of halogens is 1. The summed E-state index contributed by atoms with van der Waals surface area (Å²) in [4.78, 5) is 28.0. The lowest BCUT2D eigenvalue weighted by Gasteiger charge is -2.35. The van der Waals surface area contributed by atoms with Gasteiger partial charge in [-0.3, -0.25) is 14.5 Å². The first-order valence-electron chi connectivity index (χ1n) is 12.9. The van der Waals surface area contributed by atoms with E-state index in [4.69, 9.17) is 0 Å². The Morgan fingerprint density at radius 3 is 2.54 bits per heavy atom. The van der Waals surface area contributed by atoms with Gasteiger partial charge in [-0.1, -0.05) is 64.7 Å². The molecule has 0 aromatic heterocycles. The number of allylic oxidation sites excluding steroid dienone is 2. The van der Waals surface area contributed by atoms with E-state index >= 15 is 0 Å². The maximum absolute atomic E-state index is 13.5. The number of phenols is 1. The molecule has 1 heterocycles. The summed E-state index contributed by atoms with van der Waals surface area (Å²) in [5.74, 6) is -2.18. The Morgan fingerprint density at radius 1 is 1.14 bits per heavy atom. The molecule has 0 spiro atoms. The number of imide groups is 1. The second kappa shape index (κ2) is 11.8. The molecule has 3 N–H and O–H groups in total. The molecule has 2 aromatic carbocycles. The molecule has 196 valence electrons. The molecule has 2 amide bonds. The number of aliphatic hydroxyl groups is 2. The third kappa shape index (κ3) is 5.59. The van der Waals surface area contributed by atoms with Crippen LogP contribution >= 0.6 is 15.9 Å². The number of rotatable bonds is 9. The molecule has 2 aromatic rings. The van der Waals surface area contributed by atoms with Gasteiger partial charge in [-0.25, -0.2) is 0 Å². The molecule has 1 aliphatic carbocycles. The molecule has 6 nitrogen and oxygen atoms in total. The van der Waals surface area contributed by atoms with Crippen LogP contribution in [-0.2, 0) is 9.59 Å². The van der Waals surface area contributed by atoms with Crippen molar-refractivity contribution in [2.45, 2.75) is 52.1 Å².